The van der Waals surface area contributed by atoms with E-state index in [0.29, 0.717) is 12.5 Å². The molecule has 1 fully saturated rings. The molecule has 0 heterocycles. The van der Waals surface area contributed by atoms with Gasteiger partial charge in [0.25, 0.3) is 0 Å². The highest BCUT2D eigenvalue weighted by Crippen LogP contribution is 2.23. The van der Waals surface area contributed by atoms with Crippen molar-refractivity contribution in [3.63, 3.8) is 0 Å². The van der Waals surface area contributed by atoms with Gasteiger partial charge in [-0.25, -0.2) is 8.42 Å². The molecule has 1 aliphatic carbocycles. The van der Waals surface area contributed by atoms with Gasteiger partial charge in [-0.3, -0.25) is 4.90 Å². The summed E-state index contributed by atoms with van der Waals surface area (Å²) in [5.74, 6) is 0.928. The lowest BCUT2D eigenvalue weighted by Crippen LogP contribution is -2.41. The van der Waals surface area contributed by atoms with Gasteiger partial charge in [-0.1, -0.05) is 26.7 Å². The highest BCUT2D eigenvalue weighted by atomic mass is 32.2. The fourth-order valence-electron chi connectivity index (χ4n) is 2.77. The average molecular weight is 290 g/mol. The molecule has 0 unspecified atom stereocenters. The molecule has 0 aliphatic heterocycles. The summed E-state index contributed by atoms with van der Waals surface area (Å²) in [5.41, 5.74) is 0. The van der Waals surface area contributed by atoms with Gasteiger partial charge in [-0.15, -0.1) is 0 Å². The minimum Gasteiger partial charge on any atom is -0.314 e. The molecule has 1 N–H and O–H groups in total. The third-order valence-corrected chi connectivity index (χ3v) is 4.61. The Balaban J connectivity index is 2.24. The second kappa shape index (κ2) is 8.22. The maximum Gasteiger partial charge on any atom is 0.148 e. The highest BCUT2D eigenvalue weighted by molar-refractivity contribution is 7.90. The summed E-state index contributed by atoms with van der Waals surface area (Å²) in [4.78, 5) is 2.59. The fourth-order valence-corrected chi connectivity index (χ4v) is 3.28. The van der Waals surface area contributed by atoms with E-state index in [1.165, 1.54) is 31.9 Å². The lowest BCUT2D eigenvalue weighted by molar-refractivity contribution is 0.178. The predicted molar refractivity (Wildman–Crippen MR) is 81.2 cm³/mol. The molecule has 5 heteroatoms. The summed E-state index contributed by atoms with van der Waals surface area (Å²) in [5, 5.41) is 3.25. The van der Waals surface area contributed by atoms with E-state index in [1.807, 2.05) is 0 Å². The molecule has 0 aromatic rings. The van der Waals surface area contributed by atoms with Gasteiger partial charge >= 0.3 is 0 Å². The molecule has 0 saturated heterocycles. The van der Waals surface area contributed by atoms with Crippen molar-refractivity contribution < 1.29 is 8.42 Å². The molecule has 4 nitrogen and oxygen atoms in total. The molecule has 19 heavy (non-hydrogen) atoms. The second-order valence-electron chi connectivity index (χ2n) is 6.21. The second-order valence-corrected chi connectivity index (χ2v) is 8.47. The molecular weight excluding hydrogens is 260 g/mol. The molecule has 0 bridgehead atoms. The van der Waals surface area contributed by atoms with Crippen LogP contribution < -0.4 is 5.32 Å². The van der Waals surface area contributed by atoms with Crippen molar-refractivity contribution >= 4 is 9.84 Å². The molecule has 1 saturated carbocycles. The van der Waals surface area contributed by atoms with Crippen molar-refractivity contribution in [1.29, 1.82) is 0 Å². The maximum atomic E-state index is 11.0. The average Bonchev–Trinajstić information content (AvgIpc) is 2.78. The van der Waals surface area contributed by atoms with Crippen LogP contribution in [0.5, 0.6) is 0 Å². The van der Waals surface area contributed by atoms with Crippen molar-refractivity contribution in [1.82, 2.24) is 10.2 Å². The summed E-state index contributed by atoms with van der Waals surface area (Å²) >= 11 is 0. The van der Waals surface area contributed by atoms with Crippen LogP contribution in [0, 0.1) is 5.92 Å². The molecule has 0 aromatic heterocycles. The van der Waals surface area contributed by atoms with Gasteiger partial charge in [0.05, 0.1) is 5.75 Å². The van der Waals surface area contributed by atoms with Crippen LogP contribution in [0.3, 0.4) is 0 Å². The number of sulfone groups is 1. The predicted octanol–water partition coefficient (Wildman–Crippen LogP) is 1.52. The van der Waals surface area contributed by atoms with Crippen LogP contribution in [-0.4, -0.2) is 57.5 Å². The van der Waals surface area contributed by atoms with Crippen LogP contribution in [0.2, 0.25) is 0 Å². The minimum atomic E-state index is -2.84. The minimum absolute atomic E-state index is 0.237. The SMILES string of the molecule is CC(C)CN(CCNCCS(C)(=O)=O)C1CCCC1. The Kier molecular flexibility index (Phi) is 7.32. The van der Waals surface area contributed by atoms with E-state index >= 15 is 0 Å². The van der Waals surface area contributed by atoms with Gasteiger partial charge in [0, 0.05) is 38.5 Å². The van der Waals surface area contributed by atoms with E-state index in [1.54, 1.807) is 0 Å². The zero-order chi connectivity index (χ0) is 14.3. The van der Waals surface area contributed by atoms with E-state index in [-0.39, 0.29) is 5.75 Å². The van der Waals surface area contributed by atoms with Crippen molar-refractivity contribution in [3.8, 4) is 0 Å². The van der Waals surface area contributed by atoms with Gasteiger partial charge in [0.1, 0.15) is 9.84 Å². The first-order chi connectivity index (χ1) is 8.88. The molecule has 0 radical (unpaired) electrons. The van der Waals surface area contributed by atoms with Crippen LogP contribution in [-0.2, 0) is 9.84 Å². The van der Waals surface area contributed by atoms with Crippen LogP contribution >= 0.6 is 0 Å². The lowest BCUT2D eigenvalue weighted by atomic mass is 10.1. The Labute approximate surface area is 118 Å². The Morgan fingerprint density at radius 2 is 1.84 bits per heavy atom. The van der Waals surface area contributed by atoms with Crippen molar-refractivity contribution in [3.05, 3.63) is 0 Å². The number of rotatable bonds is 9. The topological polar surface area (TPSA) is 49.4 Å². The normalized spacial score (nSPS) is 17.7. The zero-order valence-corrected chi connectivity index (χ0v) is 13.5. The summed E-state index contributed by atoms with van der Waals surface area (Å²) < 4.78 is 22.1. The van der Waals surface area contributed by atoms with Crippen molar-refractivity contribution in [2.24, 2.45) is 5.92 Å². The summed E-state index contributed by atoms with van der Waals surface area (Å²) in [7, 11) is -2.84. The van der Waals surface area contributed by atoms with Crippen molar-refractivity contribution in [2.75, 3.05) is 38.2 Å². The molecular formula is C14H30N2O2S. The van der Waals surface area contributed by atoms with Crippen LogP contribution in [0.25, 0.3) is 0 Å². The Morgan fingerprint density at radius 3 is 2.37 bits per heavy atom. The van der Waals surface area contributed by atoms with E-state index < -0.39 is 9.84 Å². The molecule has 114 valence electrons. The number of hydrogen-bond acceptors (Lipinski definition) is 4. The number of nitrogens with one attached hydrogen (secondary N) is 1. The van der Waals surface area contributed by atoms with Crippen LogP contribution in [0.15, 0.2) is 0 Å². The molecule has 0 atom stereocenters. The van der Waals surface area contributed by atoms with E-state index in [0.717, 1.165) is 25.7 Å². The highest BCUT2D eigenvalue weighted by Gasteiger charge is 2.22. The molecule has 0 spiro atoms. The van der Waals surface area contributed by atoms with Gasteiger partial charge in [-0.2, -0.15) is 0 Å². The van der Waals surface area contributed by atoms with Gasteiger partial charge in [-0.05, 0) is 18.8 Å². The van der Waals surface area contributed by atoms with E-state index in [2.05, 4.69) is 24.1 Å². The van der Waals surface area contributed by atoms with Gasteiger partial charge in [0.15, 0.2) is 0 Å². The zero-order valence-electron chi connectivity index (χ0n) is 12.7. The van der Waals surface area contributed by atoms with Crippen LogP contribution in [0.4, 0.5) is 0 Å². The largest absolute Gasteiger partial charge is 0.314 e. The van der Waals surface area contributed by atoms with E-state index in [9.17, 15) is 8.42 Å². The number of nitrogens with zero attached hydrogens (tertiary/aromatic N) is 1. The maximum absolute atomic E-state index is 11.0. The number of hydrogen-bond donors (Lipinski definition) is 1. The lowest BCUT2D eigenvalue weighted by Gasteiger charge is -2.30. The van der Waals surface area contributed by atoms with Gasteiger partial charge < -0.3 is 5.32 Å². The monoisotopic (exact) mass is 290 g/mol. The Hall–Kier alpha value is -0.130. The quantitative estimate of drug-likeness (QED) is 0.654. The standard InChI is InChI=1S/C14H30N2O2S/c1-13(2)12-16(14-6-4-5-7-14)10-8-15-9-11-19(3,17)18/h13-15H,4-12H2,1-3H3. The first kappa shape index (κ1) is 16.9. The molecule has 1 aliphatic rings. The summed E-state index contributed by atoms with van der Waals surface area (Å²) in [6.07, 6.45) is 6.67. The third kappa shape index (κ3) is 7.90. The Bertz CT molecular complexity index is 335. The molecule has 0 amide bonds. The fraction of sp³-hybridized carbons (Fsp3) is 1.00. The molecule has 0 aromatic carbocycles. The Morgan fingerprint density at radius 1 is 1.21 bits per heavy atom. The van der Waals surface area contributed by atoms with Crippen LogP contribution in [0.1, 0.15) is 39.5 Å². The van der Waals surface area contributed by atoms with E-state index in [4.69, 9.17) is 0 Å². The smallest absolute Gasteiger partial charge is 0.148 e. The summed E-state index contributed by atoms with van der Waals surface area (Å²) in [6.45, 7) is 8.17. The summed E-state index contributed by atoms with van der Waals surface area (Å²) in [6, 6.07) is 0.749. The first-order valence-corrected chi connectivity index (χ1v) is 9.57. The van der Waals surface area contributed by atoms with Gasteiger partial charge in [0.2, 0.25) is 0 Å². The molecule has 1 rings (SSSR count). The third-order valence-electron chi connectivity index (χ3n) is 3.67. The first-order valence-electron chi connectivity index (χ1n) is 7.51. The van der Waals surface area contributed by atoms with Crippen molar-refractivity contribution in [2.45, 2.75) is 45.6 Å².